The lowest BCUT2D eigenvalue weighted by Crippen LogP contribution is -2.40. The molecule has 7 heteroatoms. The molecule has 126 valence electrons. The van der Waals surface area contributed by atoms with E-state index in [4.69, 9.17) is 14.3 Å². The van der Waals surface area contributed by atoms with Gasteiger partial charge in [0.1, 0.15) is 11.3 Å². The molecule has 1 aliphatic rings. The molecule has 0 spiro atoms. The molecule has 1 N–H and O–H groups in total. The first-order valence-corrected chi connectivity index (χ1v) is 8.54. The van der Waals surface area contributed by atoms with E-state index in [2.05, 4.69) is 0 Å². The van der Waals surface area contributed by atoms with Crippen LogP contribution in [0, 0.1) is 0 Å². The van der Waals surface area contributed by atoms with Gasteiger partial charge in [-0.25, -0.2) is 4.79 Å². The maximum absolute atomic E-state index is 12.7. The van der Waals surface area contributed by atoms with E-state index in [9.17, 15) is 9.59 Å². The predicted molar refractivity (Wildman–Crippen MR) is 88.4 cm³/mol. The van der Waals surface area contributed by atoms with Crippen molar-refractivity contribution < 1.29 is 23.8 Å². The van der Waals surface area contributed by atoms with Gasteiger partial charge in [-0.1, -0.05) is 12.1 Å². The second-order valence-corrected chi connectivity index (χ2v) is 6.27. The number of rotatable bonds is 5. The van der Waals surface area contributed by atoms with Crippen molar-refractivity contribution in [3.05, 3.63) is 53.5 Å². The summed E-state index contributed by atoms with van der Waals surface area (Å²) in [6.45, 7) is 2.27. The van der Waals surface area contributed by atoms with Crippen LogP contribution in [0.25, 0.3) is 0 Å². The van der Waals surface area contributed by atoms with Gasteiger partial charge in [0.05, 0.1) is 30.8 Å². The summed E-state index contributed by atoms with van der Waals surface area (Å²) in [6, 6.07) is 8.77. The van der Waals surface area contributed by atoms with E-state index in [1.807, 2.05) is 18.2 Å². The van der Waals surface area contributed by atoms with Crippen LogP contribution >= 0.6 is 11.8 Å². The fraction of sp³-hybridized carbons (Fsp3) is 0.294. The van der Waals surface area contributed by atoms with Gasteiger partial charge < -0.3 is 19.2 Å². The Morgan fingerprint density at radius 2 is 1.88 bits per heavy atom. The van der Waals surface area contributed by atoms with Gasteiger partial charge in [-0.2, -0.15) is 0 Å². The first-order valence-electron chi connectivity index (χ1n) is 7.55. The first kappa shape index (κ1) is 16.6. The number of aromatic carboxylic acids is 1. The largest absolute Gasteiger partial charge is 0.478 e. The lowest BCUT2D eigenvalue weighted by Gasteiger charge is -2.27. The van der Waals surface area contributed by atoms with E-state index in [-0.39, 0.29) is 11.5 Å². The monoisotopic (exact) mass is 347 g/mol. The highest BCUT2D eigenvalue weighted by Gasteiger charge is 2.21. The fourth-order valence-corrected chi connectivity index (χ4v) is 3.49. The zero-order chi connectivity index (χ0) is 16.9. The molecule has 1 saturated heterocycles. The Morgan fingerprint density at radius 1 is 1.12 bits per heavy atom. The molecular formula is C17H17NO5S. The molecule has 3 rings (SSSR count). The lowest BCUT2D eigenvalue weighted by molar-refractivity contribution is 0.0300. The minimum atomic E-state index is -1.02. The van der Waals surface area contributed by atoms with Gasteiger partial charge >= 0.3 is 5.97 Å². The summed E-state index contributed by atoms with van der Waals surface area (Å²) < 4.78 is 10.5. The number of carbonyl (C=O) groups excluding carboxylic acids is 1. The smallest absolute Gasteiger partial charge is 0.339 e. The summed E-state index contributed by atoms with van der Waals surface area (Å²) in [5, 5.41) is 9.12. The summed E-state index contributed by atoms with van der Waals surface area (Å²) >= 11 is 1.39. The van der Waals surface area contributed by atoms with Gasteiger partial charge in [0.25, 0.3) is 5.91 Å². The molecule has 1 amide bonds. The van der Waals surface area contributed by atoms with E-state index in [0.717, 1.165) is 4.90 Å². The summed E-state index contributed by atoms with van der Waals surface area (Å²) in [5.41, 5.74) is 0.771. The van der Waals surface area contributed by atoms with Crippen LogP contribution in [0.4, 0.5) is 0 Å². The third-order valence-electron chi connectivity index (χ3n) is 3.75. The van der Waals surface area contributed by atoms with Crippen LogP contribution in [0.2, 0.25) is 0 Å². The Balaban J connectivity index is 1.75. The van der Waals surface area contributed by atoms with Crippen molar-refractivity contribution in [3.8, 4) is 0 Å². The van der Waals surface area contributed by atoms with Gasteiger partial charge in [-0.3, -0.25) is 4.79 Å². The molecule has 1 aromatic carbocycles. The Hall–Kier alpha value is -2.25. The third-order valence-corrected chi connectivity index (χ3v) is 4.82. The molecule has 0 aliphatic carbocycles. The highest BCUT2D eigenvalue weighted by atomic mass is 32.2. The number of carboxylic acids is 1. The van der Waals surface area contributed by atoms with Gasteiger partial charge in [-0.05, 0) is 18.2 Å². The average molecular weight is 347 g/mol. The maximum Gasteiger partial charge on any atom is 0.339 e. The van der Waals surface area contributed by atoms with E-state index in [0.29, 0.717) is 43.4 Å². The summed E-state index contributed by atoms with van der Waals surface area (Å²) in [4.78, 5) is 26.4. The number of nitrogens with zero attached hydrogens (tertiary/aromatic N) is 1. The molecule has 0 bridgehead atoms. The Morgan fingerprint density at radius 3 is 2.62 bits per heavy atom. The zero-order valence-electron chi connectivity index (χ0n) is 12.9. The third kappa shape index (κ3) is 3.63. The van der Waals surface area contributed by atoms with Crippen molar-refractivity contribution >= 4 is 23.6 Å². The SMILES string of the molecule is O=C(O)c1ccoc1CSc1ccccc1C(=O)N1CCOCC1. The Bertz CT molecular complexity index is 736. The minimum Gasteiger partial charge on any atom is -0.478 e. The van der Waals surface area contributed by atoms with Crippen LogP contribution in [0.15, 0.2) is 45.9 Å². The molecule has 24 heavy (non-hydrogen) atoms. The van der Waals surface area contributed by atoms with Crippen molar-refractivity contribution in [2.45, 2.75) is 10.6 Å². The number of carboxylic acid groups (broad SMARTS) is 1. The molecule has 6 nitrogen and oxygen atoms in total. The summed E-state index contributed by atoms with van der Waals surface area (Å²) in [5.74, 6) is -0.306. The van der Waals surface area contributed by atoms with Crippen molar-refractivity contribution in [2.75, 3.05) is 26.3 Å². The number of morpholine rings is 1. The van der Waals surface area contributed by atoms with Gasteiger partial charge in [-0.15, -0.1) is 11.8 Å². The van der Waals surface area contributed by atoms with Crippen molar-refractivity contribution in [1.82, 2.24) is 4.90 Å². The number of amides is 1. The van der Waals surface area contributed by atoms with Crippen molar-refractivity contribution in [1.29, 1.82) is 0 Å². The van der Waals surface area contributed by atoms with Crippen LogP contribution in [0.1, 0.15) is 26.5 Å². The van der Waals surface area contributed by atoms with Gasteiger partial charge in [0, 0.05) is 18.0 Å². The highest BCUT2D eigenvalue weighted by molar-refractivity contribution is 7.98. The van der Waals surface area contributed by atoms with Crippen molar-refractivity contribution in [3.63, 3.8) is 0 Å². The van der Waals surface area contributed by atoms with E-state index in [1.54, 1.807) is 11.0 Å². The maximum atomic E-state index is 12.7. The van der Waals surface area contributed by atoms with E-state index < -0.39 is 5.97 Å². The van der Waals surface area contributed by atoms with Crippen LogP contribution in [-0.2, 0) is 10.5 Å². The topological polar surface area (TPSA) is 80.0 Å². The first-order chi connectivity index (χ1) is 11.7. The quantitative estimate of drug-likeness (QED) is 0.838. The van der Waals surface area contributed by atoms with Crippen molar-refractivity contribution in [2.24, 2.45) is 0 Å². The van der Waals surface area contributed by atoms with Crippen LogP contribution < -0.4 is 0 Å². The second kappa shape index (κ2) is 7.55. The molecule has 0 unspecified atom stereocenters. The lowest BCUT2D eigenvalue weighted by atomic mass is 10.2. The number of thioether (sulfide) groups is 1. The molecule has 1 aliphatic heterocycles. The number of hydrogen-bond donors (Lipinski definition) is 1. The molecule has 2 heterocycles. The standard InChI is InChI=1S/C17H17NO5S/c19-16(18-6-9-22-10-7-18)13-3-1-2-4-15(13)24-11-14-12(17(20)21)5-8-23-14/h1-5,8H,6-7,9-11H2,(H,20,21). The molecule has 0 atom stereocenters. The summed E-state index contributed by atoms with van der Waals surface area (Å²) in [6.07, 6.45) is 1.37. The highest BCUT2D eigenvalue weighted by Crippen LogP contribution is 2.29. The molecule has 0 radical (unpaired) electrons. The number of furan rings is 1. The predicted octanol–water partition coefficient (Wildman–Crippen LogP) is 2.74. The molecular weight excluding hydrogens is 330 g/mol. The minimum absolute atomic E-state index is 0.0284. The van der Waals surface area contributed by atoms with Crippen LogP contribution in [0.3, 0.4) is 0 Å². The second-order valence-electron chi connectivity index (χ2n) is 5.25. The molecule has 0 saturated carbocycles. The fourth-order valence-electron chi connectivity index (χ4n) is 2.49. The number of benzene rings is 1. The number of carbonyl (C=O) groups is 2. The van der Waals surface area contributed by atoms with Crippen LogP contribution in [0.5, 0.6) is 0 Å². The Labute approximate surface area is 143 Å². The Kier molecular flexibility index (Phi) is 5.22. The zero-order valence-corrected chi connectivity index (χ0v) is 13.8. The van der Waals surface area contributed by atoms with Gasteiger partial charge in [0.2, 0.25) is 0 Å². The number of hydrogen-bond acceptors (Lipinski definition) is 5. The molecule has 1 aromatic heterocycles. The average Bonchev–Trinajstić information content (AvgIpc) is 3.09. The van der Waals surface area contributed by atoms with Gasteiger partial charge in [0.15, 0.2) is 0 Å². The molecule has 2 aromatic rings. The normalized spacial score (nSPS) is 14.6. The van der Waals surface area contributed by atoms with E-state index >= 15 is 0 Å². The van der Waals surface area contributed by atoms with Crippen LogP contribution in [-0.4, -0.2) is 48.2 Å². The number of ether oxygens (including phenoxy) is 1. The summed E-state index contributed by atoms with van der Waals surface area (Å²) in [7, 11) is 0. The van der Waals surface area contributed by atoms with E-state index in [1.165, 1.54) is 24.1 Å². The molecule has 1 fully saturated rings.